The van der Waals surface area contributed by atoms with Gasteiger partial charge in [-0.3, -0.25) is 0 Å². The lowest BCUT2D eigenvalue weighted by molar-refractivity contribution is 0.159. The van der Waals surface area contributed by atoms with Gasteiger partial charge in [0.05, 0.1) is 0 Å². The molecule has 0 aromatic heterocycles. The first-order valence-corrected chi connectivity index (χ1v) is 8.69. The standard InChI is InChI=1S/C18H29ClN2/c1-3-14-8-10-15(11-9-14)21(2)13-12-18(20)16-6-4-5-7-17(16)19/h4-7,14-15,18H,3,8-13,20H2,1-2H3. The summed E-state index contributed by atoms with van der Waals surface area (Å²) in [6, 6.07) is 8.71. The van der Waals surface area contributed by atoms with E-state index in [4.69, 9.17) is 17.3 Å². The van der Waals surface area contributed by atoms with E-state index in [0.29, 0.717) is 0 Å². The number of nitrogens with two attached hydrogens (primary N) is 1. The van der Waals surface area contributed by atoms with Crippen LogP contribution >= 0.6 is 11.6 Å². The van der Waals surface area contributed by atoms with Crippen LogP contribution in [0.4, 0.5) is 0 Å². The second kappa shape index (κ2) is 8.17. The summed E-state index contributed by atoms with van der Waals surface area (Å²) < 4.78 is 0. The second-order valence-corrected chi connectivity index (χ2v) is 6.89. The summed E-state index contributed by atoms with van der Waals surface area (Å²) >= 11 is 6.22. The minimum absolute atomic E-state index is 0.0353. The predicted octanol–water partition coefficient (Wildman–Crippen LogP) is 4.63. The molecule has 1 saturated carbocycles. The molecule has 2 N–H and O–H groups in total. The molecule has 0 radical (unpaired) electrons. The number of rotatable bonds is 6. The summed E-state index contributed by atoms with van der Waals surface area (Å²) in [4.78, 5) is 2.50. The van der Waals surface area contributed by atoms with Crippen LogP contribution in [0, 0.1) is 5.92 Å². The monoisotopic (exact) mass is 308 g/mol. The normalized spacial score (nSPS) is 24.2. The topological polar surface area (TPSA) is 29.3 Å². The molecule has 0 saturated heterocycles. The molecule has 0 heterocycles. The third kappa shape index (κ3) is 4.70. The highest BCUT2D eigenvalue weighted by Gasteiger charge is 2.23. The van der Waals surface area contributed by atoms with E-state index in [1.54, 1.807) is 0 Å². The van der Waals surface area contributed by atoms with Crippen molar-refractivity contribution in [2.24, 2.45) is 11.7 Å². The first-order valence-electron chi connectivity index (χ1n) is 8.32. The Hall–Kier alpha value is -0.570. The molecule has 1 aliphatic rings. The Bertz CT molecular complexity index is 427. The van der Waals surface area contributed by atoms with E-state index in [1.165, 1.54) is 32.1 Å². The Kier molecular flexibility index (Phi) is 6.53. The SMILES string of the molecule is CCC1CCC(N(C)CCC(N)c2ccccc2Cl)CC1. The van der Waals surface area contributed by atoms with Gasteiger partial charge in [-0.1, -0.05) is 43.1 Å². The molecule has 0 aliphatic heterocycles. The van der Waals surface area contributed by atoms with Crippen molar-refractivity contribution in [2.75, 3.05) is 13.6 Å². The van der Waals surface area contributed by atoms with Gasteiger partial charge in [0, 0.05) is 17.1 Å². The summed E-state index contributed by atoms with van der Waals surface area (Å²) in [6.07, 6.45) is 7.78. The van der Waals surface area contributed by atoms with Crippen molar-refractivity contribution in [3.63, 3.8) is 0 Å². The highest BCUT2D eigenvalue weighted by atomic mass is 35.5. The molecule has 1 aliphatic carbocycles. The zero-order chi connectivity index (χ0) is 15.2. The Morgan fingerprint density at radius 1 is 1.24 bits per heavy atom. The van der Waals surface area contributed by atoms with Crippen molar-refractivity contribution >= 4 is 11.6 Å². The van der Waals surface area contributed by atoms with E-state index in [1.807, 2.05) is 24.3 Å². The maximum atomic E-state index is 6.31. The van der Waals surface area contributed by atoms with E-state index in [2.05, 4.69) is 18.9 Å². The zero-order valence-electron chi connectivity index (χ0n) is 13.4. The number of nitrogens with zero attached hydrogens (tertiary/aromatic N) is 1. The van der Waals surface area contributed by atoms with Gasteiger partial charge < -0.3 is 10.6 Å². The third-order valence-corrected chi connectivity index (χ3v) is 5.46. The highest BCUT2D eigenvalue weighted by molar-refractivity contribution is 6.31. The Morgan fingerprint density at radius 3 is 2.52 bits per heavy atom. The van der Waals surface area contributed by atoms with Crippen LogP contribution in [0.5, 0.6) is 0 Å². The molecule has 0 bridgehead atoms. The first-order chi connectivity index (χ1) is 10.1. The van der Waals surface area contributed by atoms with Crippen LogP contribution in [0.1, 0.15) is 57.1 Å². The van der Waals surface area contributed by atoms with Crippen LogP contribution in [0.2, 0.25) is 5.02 Å². The average Bonchev–Trinajstić information content (AvgIpc) is 2.52. The molecule has 2 nitrogen and oxygen atoms in total. The number of benzene rings is 1. The Balaban J connectivity index is 1.79. The largest absolute Gasteiger partial charge is 0.324 e. The van der Waals surface area contributed by atoms with Crippen LogP contribution < -0.4 is 5.73 Å². The second-order valence-electron chi connectivity index (χ2n) is 6.48. The molecule has 0 amide bonds. The lowest BCUT2D eigenvalue weighted by atomic mass is 9.84. The lowest BCUT2D eigenvalue weighted by Gasteiger charge is -2.35. The Morgan fingerprint density at radius 2 is 1.90 bits per heavy atom. The summed E-state index contributed by atoms with van der Waals surface area (Å²) in [7, 11) is 2.25. The van der Waals surface area contributed by atoms with Crippen molar-refractivity contribution in [1.82, 2.24) is 4.90 Å². The van der Waals surface area contributed by atoms with Gasteiger partial charge in [0.25, 0.3) is 0 Å². The molecule has 118 valence electrons. The molecule has 1 aromatic rings. The van der Waals surface area contributed by atoms with Gasteiger partial charge in [-0.05, 0) is 63.2 Å². The minimum Gasteiger partial charge on any atom is -0.324 e. The first kappa shape index (κ1) is 16.8. The maximum absolute atomic E-state index is 6.31. The molecule has 1 aromatic carbocycles. The van der Waals surface area contributed by atoms with E-state index in [-0.39, 0.29) is 6.04 Å². The van der Waals surface area contributed by atoms with Gasteiger partial charge in [-0.25, -0.2) is 0 Å². The number of hydrogen-bond donors (Lipinski definition) is 1. The lowest BCUT2D eigenvalue weighted by Crippen LogP contribution is -2.36. The smallest absolute Gasteiger partial charge is 0.0453 e. The van der Waals surface area contributed by atoms with Crippen molar-refractivity contribution in [1.29, 1.82) is 0 Å². The quantitative estimate of drug-likeness (QED) is 0.830. The predicted molar refractivity (Wildman–Crippen MR) is 91.7 cm³/mol. The minimum atomic E-state index is 0.0353. The Labute approximate surface area is 134 Å². The molecular weight excluding hydrogens is 280 g/mol. The number of hydrogen-bond acceptors (Lipinski definition) is 2. The summed E-state index contributed by atoms with van der Waals surface area (Å²) in [6.45, 7) is 3.37. The van der Waals surface area contributed by atoms with Crippen molar-refractivity contribution in [3.05, 3.63) is 34.9 Å². The van der Waals surface area contributed by atoms with Crippen LogP contribution in [0.15, 0.2) is 24.3 Å². The van der Waals surface area contributed by atoms with E-state index >= 15 is 0 Å². The molecule has 1 atom stereocenters. The van der Waals surface area contributed by atoms with Gasteiger partial charge in [-0.15, -0.1) is 0 Å². The van der Waals surface area contributed by atoms with Crippen molar-refractivity contribution in [3.8, 4) is 0 Å². The number of halogens is 1. The van der Waals surface area contributed by atoms with Crippen LogP contribution in [0.3, 0.4) is 0 Å². The van der Waals surface area contributed by atoms with Crippen LogP contribution in [0.25, 0.3) is 0 Å². The average molecular weight is 309 g/mol. The maximum Gasteiger partial charge on any atom is 0.0453 e. The molecule has 3 heteroatoms. The fraction of sp³-hybridized carbons (Fsp3) is 0.667. The fourth-order valence-corrected chi connectivity index (χ4v) is 3.73. The fourth-order valence-electron chi connectivity index (χ4n) is 3.45. The van der Waals surface area contributed by atoms with Crippen LogP contribution in [-0.4, -0.2) is 24.5 Å². The zero-order valence-corrected chi connectivity index (χ0v) is 14.1. The van der Waals surface area contributed by atoms with Gasteiger partial charge in [0.1, 0.15) is 0 Å². The molecule has 1 unspecified atom stereocenters. The summed E-state index contributed by atoms with van der Waals surface area (Å²) in [5.41, 5.74) is 7.38. The van der Waals surface area contributed by atoms with Crippen molar-refractivity contribution in [2.45, 2.75) is 57.5 Å². The van der Waals surface area contributed by atoms with Gasteiger partial charge in [0.15, 0.2) is 0 Å². The van der Waals surface area contributed by atoms with Gasteiger partial charge in [0.2, 0.25) is 0 Å². The highest BCUT2D eigenvalue weighted by Crippen LogP contribution is 2.29. The van der Waals surface area contributed by atoms with Gasteiger partial charge >= 0.3 is 0 Å². The van der Waals surface area contributed by atoms with Crippen molar-refractivity contribution < 1.29 is 0 Å². The van der Waals surface area contributed by atoms with E-state index in [0.717, 1.165) is 35.5 Å². The molecule has 1 fully saturated rings. The van der Waals surface area contributed by atoms with E-state index < -0.39 is 0 Å². The third-order valence-electron chi connectivity index (χ3n) is 5.11. The van der Waals surface area contributed by atoms with Crippen LogP contribution in [-0.2, 0) is 0 Å². The molecule has 21 heavy (non-hydrogen) atoms. The summed E-state index contributed by atoms with van der Waals surface area (Å²) in [5.74, 6) is 0.958. The molecule has 0 spiro atoms. The molecule has 2 rings (SSSR count). The van der Waals surface area contributed by atoms with E-state index in [9.17, 15) is 0 Å². The summed E-state index contributed by atoms with van der Waals surface area (Å²) in [5, 5.41) is 0.788. The molecular formula is C18H29ClN2. The van der Waals surface area contributed by atoms with Gasteiger partial charge in [-0.2, -0.15) is 0 Å².